The molecule has 5 heteroatoms. The number of carbonyl (C=O) groups is 1. The first-order valence-corrected chi connectivity index (χ1v) is 6.44. The van der Waals surface area contributed by atoms with Gasteiger partial charge in [-0.1, -0.05) is 0 Å². The summed E-state index contributed by atoms with van der Waals surface area (Å²) in [5, 5.41) is 3.39. The van der Waals surface area contributed by atoms with Crippen molar-refractivity contribution in [3.8, 4) is 0 Å². The fourth-order valence-corrected chi connectivity index (χ4v) is 2.68. The summed E-state index contributed by atoms with van der Waals surface area (Å²) in [5.41, 5.74) is 1.15. The van der Waals surface area contributed by atoms with Crippen LogP contribution in [0.15, 0.2) is 24.5 Å². The van der Waals surface area contributed by atoms with Gasteiger partial charge < -0.3 is 10.2 Å². The van der Waals surface area contributed by atoms with Crippen LogP contribution >= 0.6 is 0 Å². The lowest BCUT2D eigenvalue weighted by Crippen LogP contribution is -2.62. The Balaban J connectivity index is 1.67. The molecule has 0 aromatic carbocycles. The van der Waals surface area contributed by atoms with Crippen molar-refractivity contribution in [2.45, 2.75) is 12.6 Å². The monoisotopic (exact) mass is 246 g/mol. The Bertz CT molecular complexity index is 422. The molecule has 0 radical (unpaired) electrons. The van der Waals surface area contributed by atoms with Gasteiger partial charge in [0.1, 0.15) is 0 Å². The molecule has 1 aromatic rings. The highest BCUT2D eigenvalue weighted by Crippen LogP contribution is 2.15. The summed E-state index contributed by atoms with van der Waals surface area (Å²) in [4.78, 5) is 20.4. The molecule has 1 unspecified atom stereocenters. The summed E-state index contributed by atoms with van der Waals surface area (Å²) in [6.07, 6.45) is 3.55. The highest BCUT2D eigenvalue weighted by molar-refractivity contribution is 5.79. The van der Waals surface area contributed by atoms with E-state index >= 15 is 0 Å². The number of hydrogen-bond donors (Lipinski definition) is 1. The number of hydrogen-bond acceptors (Lipinski definition) is 4. The van der Waals surface area contributed by atoms with Crippen molar-refractivity contribution in [3.63, 3.8) is 0 Å². The average Bonchev–Trinajstić information content (AvgIpc) is 2.41. The second kappa shape index (κ2) is 5.04. The van der Waals surface area contributed by atoms with Crippen LogP contribution < -0.4 is 5.32 Å². The van der Waals surface area contributed by atoms with Crippen LogP contribution in [-0.4, -0.2) is 59.5 Å². The van der Waals surface area contributed by atoms with Crippen LogP contribution in [0.4, 0.5) is 0 Å². The first-order valence-electron chi connectivity index (χ1n) is 6.44. The molecule has 2 aliphatic rings. The molecule has 0 bridgehead atoms. The molecule has 0 spiro atoms. The molecule has 2 aliphatic heterocycles. The Morgan fingerprint density at radius 2 is 2.22 bits per heavy atom. The molecule has 2 fully saturated rings. The highest BCUT2D eigenvalue weighted by atomic mass is 16.2. The van der Waals surface area contributed by atoms with Gasteiger partial charge >= 0.3 is 0 Å². The van der Waals surface area contributed by atoms with Crippen molar-refractivity contribution in [1.29, 1.82) is 0 Å². The smallest absolute Gasteiger partial charge is 0.237 e. The number of amides is 1. The van der Waals surface area contributed by atoms with Gasteiger partial charge in [-0.3, -0.25) is 14.7 Å². The van der Waals surface area contributed by atoms with E-state index in [-0.39, 0.29) is 5.91 Å². The minimum absolute atomic E-state index is 0.241. The molecule has 1 amide bonds. The lowest BCUT2D eigenvalue weighted by atomic mass is 10.1. The van der Waals surface area contributed by atoms with Crippen molar-refractivity contribution in [3.05, 3.63) is 30.1 Å². The van der Waals surface area contributed by atoms with Gasteiger partial charge in [0.15, 0.2) is 0 Å². The van der Waals surface area contributed by atoms with Crippen molar-refractivity contribution in [1.82, 2.24) is 20.1 Å². The van der Waals surface area contributed by atoms with Crippen LogP contribution in [0, 0.1) is 0 Å². The number of nitrogens with one attached hydrogen (secondary N) is 1. The molecular weight excluding hydrogens is 228 g/mol. The molecule has 1 atom stereocenters. The zero-order valence-corrected chi connectivity index (χ0v) is 10.4. The van der Waals surface area contributed by atoms with E-state index < -0.39 is 0 Å². The van der Waals surface area contributed by atoms with Crippen LogP contribution in [0.25, 0.3) is 0 Å². The van der Waals surface area contributed by atoms with E-state index in [0.29, 0.717) is 19.1 Å². The van der Waals surface area contributed by atoms with Crippen LogP contribution in [0.3, 0.4) is 0 Å². The third-order valence-electron chi connectivity index (χ3n) is 3.72. The lowest BCUT2D eigenvalue weighted by Gasteiger charge is -2.43. The molecule has 0 aliphatic carbocycles. The van der Waals surface area contributed by atoms with Crippen LogP contribution in [-0.2, 0) is 11.3 Å². The Morgan fingerprint density at radius 1 is 1.39 bits per heavy atom. The van der Waals surface area contributed by atoms with E-state index in [2.05, 4.69) is 15.2 Å². The quantitative estimate of drug-likeness (QED) is 0.778. The predicted molar refractivity (Wildman–Crippen MR) is 67.9 cm³/mol. The van der Waals surface area contributed by atoms with Gasteiger partial charge in [0.25, 0.3) is 0 Å². The number of rotatable bonds is 2. The van der Waals surface area contributed by atoms with Gasteiger partial charge in [-0.25, -0.2) is 0 Å². The maximum Gasteiger partial charge on any atom is 0.237 e. The zero-order valence-electron chi connectivity index (χ0n) is 10.4. The van der Waals surface area contributed by atoms with E-state index in [1.807, 2.05) is 17.0 Å². The van der Waals surface area contributed by atoms with E-state index in [4.69, 9.17) is 0 Å². The third-order valence-corrected chi connectivity index (χ3v) is 3.72. The number of carbonyl (C=O) groups excluding carboxylic acids is 1. The van der Waals surface area contributed by atoms with Crippen molar-refractivity contribution in [2.75, 3.05) is 32.7 Å². The van der Waals surface area contributed by atoms with Gasteiger partial charge in [-0.2, -0.15) is 0 Å². The second-order valence-corrected chi connectivity index (χ2v) is 4.96. The number of nitrogens with zero attached hydrogens (tertiary/aromatic N) is 3. The summed E-state index contributed by atoms with van der Waals surface area (Å²) in [5.74, 6) is 0.241. The zero-order chi connectivity index (χ0) is 12.4. The maximum atomic E-state index is 12.1. The van der Waals surface area contributed by atoms with E-state index in [1.165, 1.54) is 0 Å². The van der Waals surface area contributed by atoms with Gasteiger partial charge in [-0.05, 0) is 17.7 Å². The minimum atomic E-state index is 0.241. The van der Waals surface area contributed by atoms with Crippen LogP contribution in [0.2, 0.25) is 0 Å². The first kappa shape index (κ1) is 11.6. The SMILES string of the molecule is O=C1CN2CCNCC2CN1Cc1ccncc1. The normalized spacial score (nSPS) is 25.0. The number of piperazine rings is 2. The predicted octanol–water partition coefficient (Wildman–Crippen LogP) is -0.302. The van der Waals surface area contributed by atoms with Gasteiger partial charge in [0.2, 0.25) is 5.91 Å². The largest absolute Gasteiger partial charge is 0.336 e. The van der Waals surface area contributed by atoms with Gasteiger partial charge in [-0.15, -0.1) is 0 Å². The molecule has 0 saturated carbocycles. The topological polar surface area (TPSA) is 48.5 Å². The molecule has 3 heterocycles. The minimum Gasteiger partial charge on any atom is -0.336 e. The third kappa shape index (κ3) is 2.37. The summed E-state index contributed by atoms with van der Waals surface area (Å²) in [6.45, 7) is 5.06. The molecule has 3 rings (SSSR count). The van der Waals surface area contributed by atoms with Crippen LogP contribution in [0.5, 0.6) is 0 Å². The van der Waals surface area contributed by atoms with Crippen molar-refractivity contribution < 1.29 is 4.79 Å². The fraction of sp³-hybridized carbons (Fsp3) is 0.538. The summed E-state index contributed by atoms with van der Waals surface area (Å²) >= 11 is 0. The Morgan fingerprint density at radius 3 is 3.06 bits per heavy atom. The van der Waals surface area contributed by atoms with Crippen molar-refractivity contribution in [2.24, 2.45) is 0 Å². The fourth-order valence-electron chi connectivity index (χ4n) is 2.68. The summed E-state index contributed by atoms with van der Waals surface area (Å²) < 4.78 is 0. The average molecular weight is 246 g/mol. The van der Waals surface area contributed by atoms with Gasteiger partial charge in [0, 0.05) is 51.2 Å². The number of pyridine rings is 1. The molecule has 96 valence electrons. The van der Waals surface area contributed by atoms with Crippen molar-refractivity contribution >= 4 is 5.91 Å². The molecule has 1 N–H and O–H groups in total. The molecule has 2 saturated heterocycles. The molecule has 5 nitrogen and oxygen atoms in total. The Hall–Kier alpha value is -1.46. The highest BCUT2D eigenvalue weighted by Gasteiger charge is 2.33. The van der Waals surface area contributed by atoms with Gasteiger partial charge in [0.05, 0.1) is 6.54 Å². The second-order valence-electron chi connectivity index (χ2n) is 4.96. The number of fused-ring (bicyclic) bond motifs is 1. The van der Waals surface area contributed by atoms with E-state index in [0.717, 1.165) is 31.7 Å². The van der Waals surface area contributed by atoms with Crippen LogP contribution in [0.1, 0.15) is 5.56 Å². The summed E-state index contributed by atoms with van der Waals surface area (Å²) in [7, 11) is 0. The molecule has 1 aromatic heterocycles. The summed E-state index contributed by atoms with van der Waals surface area (Å²) in [6, 6.07) is 4.41. The molecular formula is C13H18N4O. The number of aromatic nitrogens is 1. The lowest BCUT2D eigenvalue weighted by molar-refractivity contribution is -0.139. The Kier molecular flexibility index (Phi) is 3.25. The first-order chi connectivity index (χ1) is 8.83. The maximum absolute atomic E-state index is 12.1. The Labute approximate surface area is 107 Å². The molecule has 18 heavy (non-hydrogen) atoms. The standard InChI is InChI=1S/C13H18N4O/c18-13-10-16-6-5-15-7-12(16)9-17(13)8-11-1-3-14-4-2-11/h1-4,12,15H,5-10H2. The van der Waals surface area contributed by atoms with E-state index in [1.54, 1.807) is 12.4 Å². The van der Waals surface area contributed by atoms with E-state index in [9.17, 15) is 4.79 Å².